The van der Waals surface area contributed by atoms with Crippen LogP contribution in [0.4, 0.5) is 17.6 Å². The lowest BCUT2D eigenvalue weighted by atomic mass is 9.98. The number of benzene rings is 2. The van der Waals surface area contributed by atoms with E-state index in [1.807, 2.05) is 0 Å². The number of nitrogens with zero attached hydrogens (tertiary/aromatic N) is 3. The number of alkyl halides is 3. The number of halogens is 4. The van der Waals surface area contributed by atoms with Gasteiger partial charge in [-0.1, -0.05) is 0 Å². The highest BCUT2D eigenvalue weighted by molar-refractivity contribution is 5.78. The van der Waals surface area contributed by atoms with Crippen molar-refractivity contribution in [2.75, 3.05) is 19.7 Å². The van der Waals surface area contributed by atoms with Crippen LogP contribution in [0.25, 0.3) is 11.5 Å². The van der Waals surface area contributed by atoms with Crippen LogP contribution in [0.2, 0.25) is 0 Å². The van der Waals surface area contributed by atoms with Gasteiger partial charge in [0.15, 0.2) is 6.61 Å². The summed E-state index contributed by atoms with van der Waals surface area (Å²) in [5.74, 6) is 0.0496. The lowest BCUT2D eigenvalue weighted by Gasteiger charge is -2.31. The van der Waals surface area contributed by atoms with Crippen molar-refractivity contribution < 1.29 is 31.5 Å². The van der Waals surface area contributed by atoms with Crippen molar-refractivity contribution in [3.8, 4) is 17.2 Å². The second-order valence-electron chi connectivity index (χ2n) is 7.44. The Hall–Kier alpha value is -3.43. The van der Waals surface area contributed by atoms with Gasteiger partial charge in [-0.15, -0.1) is 10.2 Å². The summed E-state index contributed by atoms with van der Waals surface area (Å²) >= 11 is 0. The fraction of sp³-hybridized carbons (Fsp3) is 0.318. The van der Waals surface area contributed by atoms with Crippen LogP contribution < -0.4 is 4.74 Å². The number of ether oxygens (including phenoxy) is 1. The highest BCUT2D eigenvalue weighted by Gasteiger charge is 2.31. The third-order valence-corrected chi connectivity index (χ3v) is 5.20. The lowest BCUT2D eigenvalue weighted by molar-refractivity contribution is -0.137. The molecule has 0 bridgehead atoms. The summed E-state index contributed by atoms with van der Waals surface area (Å²) in [5, 5.41) is 7.99. The molecule has 1 saturated heterocycles. The molecule has 32 heavy (non-hydrogen) atoms. The molecule has 1 fully saturated rings. The summed E-state index contributed by atoms with van der Waals surface area (Å²) < 4.78 is 62.3. The van der Waals surface area contributed by atoms with Crippen LogP contribution in [0.3, 0.4) is 0 Å². The van der Waals surface area contributed by atoms with E-state index in [1.165, 1.54) is 36.4 Å². The zero-order valence-corrected chi connectivity index (χ0v) is 16.8. The number of aromatic nitrogens is 2. The monoisotopic (exact) mass is 449 g/mol. The molecule has 0 N–H and O–H groups in total. The number of piperidine rings is 1. The predicted molar refractivity (Wildman–Crippen MR) is 105 cm³/mol. The highest BCUT2D eigenvalue weighted by Crippen LogP contribution is 2.32. The van der Waals surface area contributed by atoms with Crippen molar-refractivity contribution >= 4 is 5.91 Å². The van der Waals surface area contributed by atoms with E-state index >= 15 is 0 Å². The SMILES string of the molecule is O=C(COc1ccc(F)cc1)N1CCCC(c2nnc(-c3ccc(C(F)(F)F)cc3)o2)C1. The number of likely N-dealkylation sites (tertiary alicyclic amines) is 1. The largest absolute Gasteiger partial charge is 0.484 e. The van der Waals surface area contributed by atoms with E-state index in [1.54, 1.807) is 4.90 Å². The molecule has 2 heterocycles. The van der Waals surface area contributed by atoms with Crippen molar-refractivity contribution in [3.63, 3.8) is 0 Å². The maximum Gasteiger partial charge on any atom is 0.416 e. The molecule has 0 saturated carbocycles. The van der Waals surface area contributed by atoms with Crippen LogP contribution >= 0.6 is 0 Å². The second kappa shape index (κ2) is 8.97. The van der Waals surface area contributed by atoms with Gasteiger partial charge in [0.25, 0.3) is 5.91 Å². The Kier molecular flexibility index (Phi) is 6.11. The highest BCUT2D eigenvalue weighted by atomic mass is 19.4. The van der Waals surface area contributed by atoms with Crippen LogP contribution in [0.5, 0.6) is 5.75 Å². The van der Waals surface area contributed by atoms with E-state index in [9.17, 15) is 22.4 Å². The molecule has 1 aliphatic heterocycles. The van der Waals surface area contributed by atoms with Crippen LogP contribution in [-0.2, 0) is 11.0 Å². The first-order chi connectivity index (χ1) is 15.3. The smallest absolute Gasteiger partial charge is 0.416 e. The van der Waals surface area contributed by atoms with Gasteiger partial charge < -0.3 is 14.1 Å². The normalized spacial score (nSPS) is 16.8. The zero-order valence-electron chi connectivity index (χ0n) is 16.8. The second-order valence-corrected chi connectivity index (χ2v) is 7.44. The third kappa shape index (κ3) is 5.06. The minimum absolute atomic E-state index is 0.122. The summed E-state index contributed by atoms with van der Waals surface area (Å²) in [4.78, 5) is 14.2. The molecule has 3 aromatic rings. The average molecular weight is 449 g/mol. The Morgan fingerprint density at radius 2 is 1.81 bits per heavy atom. The van der Waals surface area contributed by atoms with Gasteiger partial charge in [-0.3, -0.25) is 4.79 Å². The lowest BCUT2D eigenvalue weighted by Crippen LogP contribution is -2.41. The quantitative estimate of drug-likeness (QED) is 0.529. The predicted octanol–water partition coefficient (Wildman–Crippen LogP) is 4.68. The van der Waals surface area contributed by atoms with Crippen molar-refractivity contribution in [1.29, 1.82) is 0 Å². The summed E-state index contributed by atoms with van der Waals surface area (Å²) in [6.07, 6.45) is -2.96. The average Bonchev–Trinajstić information content (AvgIpc) is 3.28. The number of rotatable bonds is 5. The summed E-state index contributed by atoms with van der Waals surface area (Å²) in [6.45, 7) is 0.737. The maximum atomic E-state index is 13.0. The number of carbonyl (C=O) groups excluding carboxylic acids is 1. The van der Waals surface area contributed by atoms with E-state index in [2.05, 4.69) is 10.2 Å². The topological polar surface area (TPSA) is 68.5 Å². The fourth-order valence-electron chi connectivity index (χ4n) is 3.49. The zero-order chi connectivity index (χ0) is 22.7. The van der Waals surface area contributed by atoms with Crippen molar-refractivity contribution in [2.45, 2.75) is 24.9 Å². The molecule has 1 amide bonds. The molecular weight excluding hydrogens is 430 g/mol. The minimum Gasteiger partial charge on any atom is -0.484 e. The summed E-state index contributed by atoms with van der Waals surface area (Å²) in [6, 6.07) is 9.88. The van der Waals surface area contributed by atoms with Crippen molar-refractivity contribution in [1.82, 2.24) is 15.1 Å². The molecule has 1 atom stereocenters. The molecule has 1 aliphatic rings. The fourth-order valence-corrected chi connectivity index (χ4v) is 3.49. The van der Waals surface area contributed by atoms with Gasteiger partial charge in [0.05, 0.1) is 11.5 Å². The summed E-state index contributed by atoms with van der Waals surface area (Å²) in [5.41, 5.74) is -0.376. The number of amides is 1. The molecule has 2 aromatic carbocycles. The van der Waals surface area contributed by atoms with Crippen LogP contribution in [0.1, 0.15) is 30.2 Å². The molecule has 0 aliphatic carbocycles. The van der Waals surface area contributed by atoms with E-state index in [-0.39, 0.29) is 24.3 Å². The van der Waals surface area contributed by atoms with E-state index in [4.69, 9.17) is 9.15 Å². The van der Waals surface area contributed by atoms with Gasteiger partial charge >= 0.3 is 6.18 Å². The number of hydrogen-bond acceptors (Lipinski definition) is 5. The standard InChI is InChI=1S/C22H19F4N3O3/c23-17-7-9-18(10-8-17)31-13-19(30)29-11-1-2-15(12-29)21-28-27-20(32-21)14-3-5-16(6-4-14)22(24,25)26/h3-10,15H,1-2,11-13H2. The van der Waals surface area contributed by atoms with Gasteiger partial charge in [-0.05, 0) is 61.4 Å². The molecule has 10 heteroatoms. The molecule has 168 valence electrons. The first-order valence-electron chi connectivity index (χ1n) is 9.97. The van der Waals surface area contributed by atoms with Gasteiger partial charge in [-0.25, -0.2) is 4.39 Å². The van der Waals surface area contributed by atoms with Crippen LogP contribution in [0, 0.1) is 5.82 Å². The Labute approximate surface area is 180 Å². The van der Waals surface area contributed by atoms with Crippen LogP contribution in [0.15, 0.2) is 52.9 Å². The summed E-state index contributed by atoms with van der Waals surface area (Å²) in [7, 11) is 0. The Morgan fingerprint density at radius 1 is 1.09 bits per heavy atom. The van der Waals surface area contributed by atoms with Gasteiger partial charge in [0.1, 0.15) is 11.6 Å². The Bertz CT molecular complexity index is 1070. The van der Waals surface area contributed by atoms with Crippen molar-refractivity contribution in [3.05, 3.63) is 65.8 Å². The molecule has 1 unspecified atom stereocenters. The number of hydrogen-bond donors (Lipinski definition) is 0. The Balaban J connectivity index is 1.37. The molecule has 4 rings (SSSR count). The Morgan fingerprint density at radius 3 is 2.50 bits per heavy atom. The van der Waals surface area contributed by atoms with E-state index < -0.39 is 17.6 Å². The van der Waals surface area contributed by atoms with E-state index in [0.717, 1.165) is 25.0 Å². The van der Waals surface area contributed by atoms with Gasteiger partial charge in [0.2, 0.25) is 11.8 Å². The number of carbonyl (C=O) groups is 1. The molecule has 1 aromatic heterocycles. The third-order valence-electron chi connectivity index (χ3n) is 5.20. The molecule has 0 spiro atoms. The molecule has 6 nitrogen and oxygen atoms in total. The maximum absolute atomic E-state index is 13.0. The molecular formula is C22H19F4N3O3. The van der Waals surface area contributed by atoms with Crippen LogP contribution in [-0.4, -0.2) is 40.7 Å². The first kappa shape index (κ1) is 21.8. The molecule has 0 radical (unpaired) electrons. The first-order valence-corrected chi connectivity index (χ1v) is 9.97. The van der Waals surface area contributed by atoms with Gasteiger partial charge in [0, 0.05) is 18.7 Å². The van der Waals surface area contributed by atoms with Crippen molar-refractivity contribution in [2.24, 2.45) is 0 Å². The van der Waals surface area contributed by atoms with Gasteiger partial charge in [-0.2, -0.15) is 13.2 Å². The minimum atomic E-state index is -4.42. The van der Waals surface area contributed by atoms with E-state index in [0.29, 0.717) is 30.3 Å².